The summed E-state index contributed by atoms with van der Waals surface area (Å²) in [6.45, 7) is 3.37. The van der Waals surface area contributed by atoms with Crippen LogP contribution in [0.5, 0.6) is 0 Å². The lowest BCUT2D eigenvalue weighted by Gasteiger charge is -2.34. The third kappa shape index (κ3) is 1.80. The summed E-state index contributed by atoms with van der Waals surface area (Å²) in [5, 5.41) is 0. The van der Waals surface area contributed by atoms with Gasteiger partial charge < -0.3 is 10.6 Å². The molecule has 1 aliphatic rings. The molecule has 4 nitrogen and oxygen atoms in total. The first-order chi connectivity index (χ1) is 7.67. The Hall–Kier alpha value is -1.42. The lowest BCUT2D eigenvalue weighted by molar-refractivity contribution is 0.0637. The fourth-order valence-electron chi connectivity index (χ4n) is 2.23. The maximum absolute atomic E-state index is 12.3. The van der Waals surface area contributed by atoms with E-state index in [1.165, 1.54) is 0 Å². The van der Waals surface area contributed by atoms with Crippen molar-refractivity contribution >= 4 is 5.91 Å². The van der Waals surface area contributed by atoms with Gasteiger partial charge in [0.15, 0.2) is 0 Å². The number of rotatable bonds is 2. The normalized spacial score (nSPS) is 24.8. The summed E-state index contributed by atoms with van der Waals surface area (Å²) in [6.07, 6.45) is 5.30. The molecule has 0 bridgehead atoms. The van der Waals surface area contributed by atoms with E-state index in [2.05, 4.69) is 11.9 Å². The lowest BCUT2D eigenvalue weighted by atomic mass is 9.99. The molecule has 1 atom stereocenters. The summed E-state index contributed by atoms with van der Waals surface area (Å²) in [6, 6.07) is 3.50. The molecule has 0 spiro atoms. The Bertz CT molecular complexity index is 379. The highest BCUT2D eigenvalue weighted by Gasteiger charge is 2.38. The summed E-state index contributed by atoms with van der Waals surface area (Å²) < 4.78 is 0. The van der Waals surface area contributed by atoms with Crippen LogP contribution in [0.15, 0.2) is 24.5 Å². The number of aromatic nitrogens is 1. The maximum Gasteiger partial charge on any atom is 0.254 e. The fourth-order valence-corrected chi connectivity index (χ4v) is 2.23. The molecule has 0 saturated carbocycles. The monoisotopic (exact) mass is 219 g/mol. The second kappa shape index (κ2) is 4.22. The van der Waals surface area contributed by atoms with Gasteiger partial charge in [-0.2, -0.15) is 0 Å². The van der Waals surface area contributed by atoms with Crippen LogP contribution in [0.1, 0.15) is 30.1 Å². The molecule has 16 heavy (non-hydrogen) atoms. The van der Waals surface area contributed by atoms with E-state index in [0.717, 1.165) is 19.4 Å². The third-order valence-electron chi connectivity index (χ3n) is 3.36. The molecule has 0 aliphatic carbocycles. The molecule has 1 amide bonds. The van der Waals surface area contributed by atoms with Crippen LogP contribution in [0.25, 0.3) is 0 Å². The summed E-state index contributed by atoms with van der Waals surface area (Å²) >= 11 is 0. The molecule has 1 saturated heterocycles. The summed E-state index contributed by atoms with van der Waals surface area (Å²) in [5.74, 6) is 0.0628. The van der Waals surface area contributed by atoms with E-state index in [-0.39, 0.29) is 11.4 Å². The van der Waals surface area contributed by atoms with Gasteiger partial charge in [-0.15, -0.1) is 0 Å². The summed E-state index contributed by atoms with van der Waals surface area (Å²) in [5.41, 5.74) is 6.28. The van der Waals surface area contributed by atoms with Gasteiger partial charge in [0, 0.05) is 31.0 Å². The van der Waals surface area contributed by atoms with E-state index >= 15 is 0 Å². The molecule has 0 radical (unpaired) electrons. The van der Waals surface area contributed by atoms with Crippen LogP contribution in [-0.2, 0) is 0 Å². The van der Waals surface area contributed by atoms with Crippen LogP contribution in [0, 0.1) is 0 Å². The van der Waals surface area contributed by atoms with Gasteiger partial charge in [0.05, 0.1) is 5.54 Å². The Morgan fingerprint density at radius 3 is 2.88 bits per heavy atom. The van der Waals surface area contributed by atoms with Gasteiger partial charge in [-0.25, -0.2) is 0 Å². The zero-order valence-electron chi connectivity index (χ0n) is 9.52. The van der Waals surface area contributed by atoms with Crippen molar-refractivity contribution in [3.63, 3.8) is 0 Å². The number of carbonyl (C=O) groups is 1. The number of hydrogen-bond acceptors (Lipinski definition) is 3. The molecule has 0 aromatic carbocycles. The first kappa shape index (κ1) is 11.1. The number of nitrogens with two attached hydrogens (primary N) is 1. The van der Waals surface area contributed by atoms with Crippen molar-refractivity contribution < 1.29 is 4.79 Å². The Labute approximate surface area is 95.5 Å². The quantitative estimate of drug-likeness (QED) is 0.808. The number of nitrogens with zero attached hydrogens (tertiary/aromatic N) is 2. The standard InChI is InChI=1S/C12H17N3O/c1-12(9-13)5-2-8-15(12)11(16)10-3-6-14-7-4-10/h3-4,6-7H,2,5,8-9,13H2,1H3. The van der Waals surface area contributed by atoms with E-state index in [0.29, 0.717) is 12.1 Å². The van der Waals surface area contributed by atoms with Gasteiger partial charge in [0.1, 0.15) is 0 Å². The minimum absolute atomic E-state index is 0.0628. The van der Waals surface area contributed by atoms with Crippen LogP contribution in [-0.4, -0.2) is 34.4 Å². The predicted molar refractivity (Wildman–Crippen MR) is 62.0 cm³/mol. The number of carbonyl (C=O) groups excluding carboxylic acids is 1. The molecule has 1 aromatic rings. The van der Waals surface area contributed by atoms with Crippen molar-refractivity contribution in [2.75, 3.05) is 13.1 Å². The number of pyridine rings is 1. The van der Waals surface area contributed by atoms with Crippen LogP contribution < -0.4 is 5.73 Å². The SMILES string of the molecule is CC1(CN)CCCN1C(=O)c1ccncc1. The largest absolute Gasteiger partial charge is 0.332 e. The molecule has 1 unspecified atom stereocenters. The zero-order valence-corrected chi connectivity index (χ0v) is 9.52. The highest BCUT2D eigenvalue weighted by Crippen LogP contribution is 2.29. The Balaban J connectivity index is 2.23. The Kier molecular flexibility index (Phi) is 2.92. The van der Waals surface area contributed by atoms with E-state index in [4.69, 9.17) is 5.73 Å². The van der Waals surface area contributed by atoms with Gasteiger partial charge in [-0.05, 0) is 31.9 Å². The van der Waals surface area contributed by atoms with Crippen molar-refractivity contribution in [3.8, 4) is 0 Å². The van der Waals surface area contributed by atoms with E-state index in [9.17, 15) is 4.79 Å². The topological polar surface area (TPSA) is 59.2 Å². The number of likely N-dealkylation sites (tertiary alicyclic amines) is 1. The lowest BCUT2D eigenvalue weighted by Crippen LogP contribution is -2.50. The molecule has 2 heterocycles. The molecule has 2 N–H and O–H groups in total. The molecule has 1 aromatic heterocycles. The molecule has 86 valence electrons. The highest BCUT2D eigenvalue weighted by atomic mass is 16.2. The molecule has 2 rings (SSSR count). The van der Waals surface area contributed by atoms with Crippen molar-refractivity contribution in [2.24, 2.45) is 5.73 Å². The Morgan fingerprint density at radius 2 is 2.25 bits per heavy atom. The van der Waals surface area contributed by atoms with E-state index < -0.39 is 0 Å². The number of hydrogen-bond donors (Lipinski definition) is 1. The summed E-state index contributed by atoms with van der Waals surface area (Å²) in [4.78, 5) is 18.1. The molecular weight excluding hydrogens is 202 g/mol. The van der Waals surface area contributed by atoms with Crippen LogP contribution in [0.4, 0.5) is 0 Å². The fraction of sp³-hybridized carbons (Fsp3) is 0.500. The first-order valence-corrected chi connectivity index (χ1v) is 5.59. The Morgan fingerprint density at radius 1 is 1.56 bits per heavy atom. The average molecular weight is 219 g/mol. The van der Waals surface area contributed by atoms with E-state index in [1.807, 2.05) is 4.90 Å². The maximum atomic E-state index is 12.3. The minimum atomic E-state index is -0.180. The first-order valence-electron chi connectivity index (χ1n) is 5.59. The number of amides is 1. The second-order valence-corrected chi connectivity index (χ2v) is 4.50. The second-order valence-electron chi connectivity index (χ2n) is 4.50. The van der Waals surface area contributed by atoms with Crippen LogP contribution in [0.3, 0.4) is 0 Å². The van der Waals surface area contributed by atoms with Gasteiger partial charge in [-0.1, -0.05) is 0 Å². The van der Waals surface area contributed by atoms with Gasteiger partial charge in [0.25, 0.3) is 5.91 Å². The molecule has 1 fully saturated rings. The van der Waals surface area contributed by atoms with Crippen molar-refractivity contribution in [3.05, 3.63) is 30.1 Å². The highest BCUT2D eigenvalue weighted by molar-refractivity contribution is 5.94. The van der Waals surface area contributed by atoms with Crippen molar-refractivity contribution in [2.45, 2.75) is 25.3 Å². The van der Waals surface area contributed by atoms with Gasteiger partial charge in [0.2, 0.25) is 0 Å². The zero-order chi connectivity index (χ0) is 11.6. The van der Waals surface area contributed by atoms with Crippen molar-refractivity contribution in [1.82, 2.24) is 9.88 Å². The average Bonchev–Trinajstić information content (AvgIpc) is 2.72. The van der Waals surface area contributed by atoms with Crippen LogP contribution in [0.2, 0.25) is 0 Å². The molecule has 4 heteroatoms. The summed E-state index contributed by atoms with van der Waals surface area (Å²) in [7, 11) is 0. The molecule has 1 aliphatic heterocycles. The smallest absolute Gasteiger partial charge is 0.254 e. The van der Waals surface area contributed by atoms with Gasteiger partial charge in [-0.3, -0.25) is 9.78 Å². The molecular formula is C12H17N3O. The van der Waals surface area contributed by atoms with Crippen molar-refractivity contribution in [1.29, 1.82) is 0 Å². The van der Waals surface area contributed by atoms with E-state index in [1.54, 1.807) is 24.5 Å². The van der Waals surface area contributed by atoms with Gasteiger partial charge >= 0.3 is 0 Å². The minimum Gasteiger partial charge on any atom is -0.332 e. The third-order valence-corrected chi connectivity index (χ3v) is 3.36. The van der Waals surface area contributed by atoms with Crippen LogP contribution >= 0.6 is 0 Å². The predicted octanol–water partition coefficient (Wildman–Crippen LogP) is 1.04.